The molecular formula is C31H38Cl2SiZr. The van der Waals surface area contributed by atoms with E-state index in [9.17, 15) is 0 Å². The van der Waals surface area contributed by atoms with Crippen molar-refractivity contribution in [1.82, 2.24) is 0 Å². The molecule has 4 heteroatoms. The van der Waals surface area contributed by atoms with Gasteiger partial charge in [0, 0.05) is 0 Å². The first kappa shape index (κ1) is 32.2. The summed E-state index contributed by atoms with van der Waals surface area (Å²) in [5.74, 6) is 0. The van der Waals surface area contributed by atoms with E-state index in [2.05, 4.69) is 97.1 Å². The zero-order valence-electron chi connectivity index (χ0n) is 22.5. The summed E-state index contributed by atoms with van der Waals surface area (Å²) in [4.78, 5) is 0. The van der Waals surface area contributed by atoms with Crippen molar-refractivity contribution in [3.05, 3.63) is 87.0 Å². The van der Waals surface area contributed by atoms with Gasteiger partial charge < -0.3 is 24.8 Å². The van der Waals surface area contributed by atoms with Crippen LogP contribution < -0.4 is 24.8 Å². The Bertz CT molecular complexity index is 1220. The quantitative estimate of drug-likeness (QED) is 0.313. The minimum Gasteiger partial charge on any atom is -1.00 e. The number of allylic oxidation sites excluding steroid dienone is 4. The first-order valence-electron chi connectivity index (χ1n) is 12.1. The Hall–Kier alpha value is -0.790. The molecule has 5 rings (SSSR count). The average Bonchev–Trinajstić information content (AvgIpc) is 3.41. The molecule has 0 N–H and O–H groups in total. The van der Waals surface area contributed by atoms with E-state index in [1.165, 1.54) is 52.3 Å². The summed E-state index contributed by atoms with van der Waals surface area (Å²) in [5.41, 5.74) is 16.0. The van der Waals surface area contributed by atoms with Crippen LogP contribution in [0.1, 0.15) is 56.4 Å². The number of fused-ring (bicyclic) bond motifs is 2. The maximum atomic E-state index is 2.42. The Balaban J connectivity index is 0.000000360. The van der Waals surface area contributed by atoms with Gasteiger partial charge in [-0.3, -0.25) is 0 Å². The van der Waals surface area contributed by atoms with Gasteiger partial charge in [0.05, 0.1) is 8.80 Å². The van der Waals surface area contributed by atoms with E-state index >= 15 is 0 Å². The van der Waals surface area contributed by atoms with Gasteiger partial charge in [-0.25, -0.2) is 0 Å². The van der Waals surface area contributed by atoms with Crippen LogP contribution in [0.15, 0.2) is 64.8 Å². The van der Waals surface area contributed by atoms with Crippen molar-refractivity contribution in [2.24, 2.45) is 0 Å². The van der Waals surface area contributed by atoms with E-state index in [4.69, 9.17) is 0 Å². The van der Waals surface area contributed by atoms with E-state index in [0.717, 1.165) is 5.54 Å². The van der Waals surface area contributed by atoms with E-state index in [1.807, 2.05) is 0 Å². The number of aryl methyl sites for hydroxylation is 3. The largest absolute Gasteiger partial charge is 3.00 e. The van der Waals surface area contributed by atoms with Crippen LogP contribution in [0, 0.1) is 13.8 Å². The summed E-state index contributed by atoms with van der Waals surface area (Å²) in [6.07, 6.45) is 3.79. The molecule has 0 nitrogen and oxygen atoms in total. The van der Waals surface area contributed by atoms with Crippen molar-refractivity contribution >= 4 is 19.6 Å². The summed E-state index contributed by atoms with van der Waals surface area (Å²) in [5, 5.41) is 2.86. The number of hydrogen-bond acceptors (Lipinski definition) is 0. The molecule has 0 atom stereocenters. The molecule has 0 aliphatic heterocycles. The molecule has 2 radical (unpaired) electrons. The Morgan fingerprint density at radius 3 is 1.97 bits per heavy atom. The van der Waals surface area contributed by atoms with Crippen molar-refractivity contribution in [1.29, 1.82) is 0 Å². The molecule has 2 aliphatic rings. The molecule has 35 heavy (non-hydrogen) atoms. The van der Waals surface area contributed by atoms with Gasteiger partial charge in [0.15, 0.2) is 0 Å². The third kappa shape index (κ3) is 6.20. The fraction of sp³-hybridized carbons (Fsp3) is 0.387. The first-order valence-corrected chi connectivity index (χ1v) is 14.7. The molecule has 0 unspecified atom stereocenters. The van der Waals surface area contributed by atoms with E-state index < -0.39 is 0 Å². The molecular weight excluding hydrogens is 563 g/mol. The molecule has 2 aliphatic carbocycles. The number of halogens is 2. The predicted octanol–water partition coefficient (Wildman–Crippen LogP) is 3.13. The fourth-order valence-electron chi connectivity index (χ4n) is 5.95. The third-order valence-electron chi connectivity index (χ3n) is 7.83. The first-order chi connectivity index (χ1) is 15.2. The minimum atomic E-state index is -0.190. The van der Waals surface area contributed by atoms with Gasteiger partial charge in [-0.2, -0.15) is 6.07 Å². The Labute approximate surface area is 246 Å². The second-order valence-corrected chi connectivity index (χ2v) is 13.0. The zero-order valence-corrected chi connectivity index (χ0v) is 27.5. The second kappa shape index (κ2) is 13.1. The van der Waals surface area contributed by atoms with Crippen LogP contribution in [0.4, 0.5) is 0 Å². The van der Waals surface area contributed by atoms with Gasteiger partial charge in [-0.05, 0) is 81.7 Å². The van der Waals surface area contributed by atoms with Gasteiger partial charge in [0.1, 0.15) is 0 Å². The monoisotopic (exact) mass is 598 g/mol. The summed E-state index contributed by atoms with van der Waals surface area (Å²) in [6, 6.07) is 15.9. The molecule has 0 fully saturated rings. The predicted molar refractivity (Wildman–Crippen MR) is 144 cm³/mol. The van der Waals surface area contributed by atoms with E-state index in [-0.39, 0.29) is 59.8 Å². The van der Waals surface area contributed by atoms with Gasteiger partial charge in [-0.1, -0.05) is 72.1 Å². The van der Waals surface area contributed by atoms with Crippen molar-refractivity contribution in [2.75, 3.05) is 0 Å². The summed E-state index contributed by atoms with van der Waals surface area (Å²) >= 11 is 0. The fourth-order valence-corrected chi connectivity index (χ4v) is 8.12. The number of hydrogen-bond donors (Lipinski definition) is 0. The number of rotatable bonds is 2. The van der Waals surface area contributed by atoms with Crippen LogP contribution in [0.5, 0.6) is 0 Å². The summed E-state index contributed by atoms with van der Waals surface area (Å²) in [6.45, 7) is 18.4. The van der Waals surface area contributed by atoms with Crippen molar-refractivity contribution in [3.8, 4) is 11.1 Å². The molecule has 0 heterocycles. The van der Waals surface area contributed by atoms with Gasteiger partial charge in [0.25, 0.3) is 0 Å². The molecule has 0 saturated heterocycles. The molecule has 3 aromatic rings. The summed E-state index contributed by atoms with van der Waals surface area (Å²) in [7, 11) is -0.190. The normalized spacial score (nSPS) is 14.9. The maximum absolute atomic E-state index is 2.42. The maximum Gasteiger partial charge on any atom is 3.00 e. The van der Waals surface area contributed by atoms with Gasteiger partial charge >= 0.3 is 26.2 Å². The zero-order chi connectivity index (χ0) is 23.2. The third-order valence-corrected chi connectivity index (χ3v) is 9.85. The second-order valence-electron chi connectivity index (χ2n) is 10.2. The molecule has 0 amide bonds. The molecule has 0 bridgehead atoms. The Morgan fingerprint density at radius 2 is 1.43 bits per heavy atom. The van der Waals surface area contributed by atoms with Crippen LogP contribution >= 0.6 is 0 Å². The van der Waals surface area contributed by atoms with Crippen LogP contribution in [-0.4, -0.2) is 8.80 Å². The molecule has 3 aromatic carbocycles. The molecule has 0 spiro atoms. The SMILES string of the molecule is CC1=C(C)C([Si](C)C)C(C)=C1C.Cc1cc2c(-c3ccccc3C)c3c(cc2[cH-]1)CCC3.[Cl-].[Cl-].[Zr+3]. The van der Waals surface area contributed by atoms with Crippen molar-refractivity contribution < 1.29 is 51.0 Å². The average molecular weight is 601 g/mol. The van der Waals surface area contributed by atoms with Crippen LogP contribution in [0.2, 0.25) is 18.6 Å². The standard InChI is InChI=1S/C20H19.C11H19Si.2ClH.Zr/c1-13-10-16-12-15-7-5-9-18(15)20(19(16)11-13)17-8-4-3-6-14(17)2;1-7-8(2)10(4)11(9(7)3)12(5)6;;;/h3-4,6,8,10-12H,5,7,9H2,1-2H3;11H,1-6H3;2*1H;/q-1;;;;+3/p-2. The topological polar surface area (TPSA) is 0 Å². The van der Waals surface area contributed by atoms with Crippen LogP contribution in [-0.2, 0) is 39.0 Å². The van der Waals surface area contributed by atoms with E-state index in [1.54, 1.807) is 33.4 Å². The van der Waals surface area contributed by atoms with E-state index in [0.29, 0.717) is 0 Å². The van der Waals surface area contributed by atoms with Crippen molar-refractivity contribution in [2.45, 2.75) is 79.4 Å². The van der Waals surface area contributed by atoms with Gasteiger partial charge in [-0.15, -0.1) is 28.5 Å². The van der Waals surface area contributed by atoms with Crippen LogP contribution in [0.25, 0.3) is 21.9 Å². The smallest absolute Gasteiger partial charge is 1.00 e. The van der Waals surface area contributed by atoms with Crippen molar-refractivity contribution in [3.63, 3.8) is 0 Å². The summed E-state index contributed by atoms with van der Waals surface area (Å²) < 4.78 is 0. The Morgan fingerprint density at radius 1 is 0.829 bits per heavy atom. The Kier molecular flexibility index (Phi) is 12.1. The van der Waals surface area contributed by atoms with Gasteiger partial charge in [0.2, 0.25) is 0 Å². The van der Waals surface area contributed by atoms with Crippen LogP contribution in [0.3, 0.4) is 0 Å². The molecule has 0 saturated carbocycles. The molecule has 184 valence electrons. The molecule has 0 aromatic heterocycles. The minimum absolute atomic E-state index is 0. The number of benzene rings is 2.